The third kappa shape index (κ3) is 3.62. The van der Waals surface area contributed by atoms with Crippen molar-refractivity contribution < 1.29 is 4.79 Å². The van der Waals surface area contributed by atoms with E-state index in [0.717, 1.165) is 22.2 Å². The molecule has 0 atom stereocenters. The van der Waals surface area contributed by atoms with Crippen LogP contribution in [0, 0.1) is 0 Å². The molecule has 24 heavy (non-hydrogen) atoms. The zero-order chi connectivity index (χ0) is 17.1. The summed E-state index contributed by atoms with van der Waals surface area (Å²) in [6.07, 6.45) is 3.95. The van der Waals surface area contributed by atoms with Gasteiger partial charge in [-0.15, -0.1) is 0 Å². The molecule has 0 saturated heterocycles. The molecule has 0 spiro atoms. The smallest absolute Gasteiger partial charge is 0.224 e. The van der Waals surface area contributed by atoms with Crippen LogP contribution >= 0.6 is 0 Å². The van der Waals surface area contributed by atoms with Crippen molar-refractivity contribution in [3.63, 3.8) is 0 Å². The molecule has 0 aliphatic rings. The summed E-state index contributed by atoms with van der Waals surface area (Å²) >= 11 is 0. The molecule has 0 unspecified atom stereocenters. The van der Waals surface area contributed by atoms with E-state index in [-0.39, 0.29) is 5.91 Å². The second-order valence-electron chi connectivity index (χ2n) is 6.35. The molecule has 0 aliphatic heterocycles. The third-order valence-corrected chi connectivity index (χ3v) is 4.16. The number of carbonyl (C=O) groups excluding carboxylic acids is 1. The summed E-state index contributed by atoms with van der Waals surface area (Å²) in [7, 11) is 1.89. The van der Waals surface area contributed by atoms with Crippen LogP contribution in [0.4, 0.5) is 0 Å². The van der Waals surface area contributed by atoms with Crippen LogP contribution in [0.25, 0.3) is 10.9 Å². The molecule has 2 heterocycles. The molecule has 124 valence electrons. The summed E-state index contributed by atoms with van der Waals surface area (Å²) in [6.45, 7) is 4.74. The average molecular weight is 322 g/mol. The van der Waals surface area contributed by atoms with Crippen molar-refractivity contribution in [1.29, 1.82) is 0 Å². The molecular formula is C19H22N4O. The Morgan fingerprint density at radius 1 is 1.21 bits per heavy atom. The number of hydrogen-bond acceptors (Lipinski definition) is 3. The van der Waals surface area contributed by atoms with E-state index in [1.807, 2.05) is 25.2 Å². The van der Waals surface area contributed by atoms with Gasteiger partial charge in [-0.3, -0.25) is 14.5 Å². The predicted molar refractivity (Wildman–Crippen MR) is 94.6 cm³/mol. The highest BCUT2D eigenvalue weighted by molar-refractivity contribution is 5.79. The second-order valence-corrected chi connectivity index (χ2v) is 6.35. The van der Waals surface area contributed by atoms with Gasteiger partial charge in [-0.25, -0.2) is 0 Å². The fourth-order valence-electron chi connectivity index (χ4n) is 2.64. The van der Waals surface area contributed by atoms with Crippen molar-refractivity contribution in [3.05, 3.63) is 59.5 Å². The maximum absolute atomic E-state index is 12.1. The van der Waals surface area contributed by atoms with Gasteiger partial charge in [-0.05, 0) is 23.1 Å². The largest absolute Gasteiger partial charge is 0.350 e. The molecule has 1 N–H and O–H groups in total. The summed E-state index contributed by atoms with van der Waals surface area (Å²) in [5.41, 5.74) is 4.15. The first kappa shape index (κ1) is 16.2. The first-order valence-corrected chi connectivity index (χ1v) is 8.15. The number of amides is 1. The number of nitrogens with zero attached hydrogens (tertiary/aromatic N) is 3. The SMILES string of the molecule is CC(C)c1ccc(CC(=O)NCc2cc3c(cn2)cnn3C)cc1. The Labute approximate surface area is 141 Å². The Bertz CT molecular complexity index is 849. The van der Waals surface area contributed by atoms with Gasteiger partial charge in [-0.2, -0.15) is 5.10 Å². The Kier molecular flexibility index (Phi) is 4.60. The molecule has 0 radical (unpaired) electrons. The Morgan fingerprint density at radius 2 is 1.96 bits per heavy atom. The number of hydrogen-bond donors (Lipinski definition) is 1. The van der Waals surface area contributed by atoms with Gasteiger partial charge < -0.3 is 5.32 Å². The van der Waals surface area contributed by atoms with Gasteiger partial charge in [0.25, 0.3) is 0 Å². The quantitative estimate of drug-likeness (QED) is 0.785. The lowest BCUT2D eigenvalue weighted by Crippen LogP contribution is -2.25. The van der Waals surface area contributed by atoms with Gasteiger partial charge in [0.2, 0.25) is 5.91 Å². The first-order valence-electron chi connectivity index (χ1n) is 8.15. The second kappa shape index (κ2) is 6.83. The van der Waals surface area contributed by atoms with Crippen molar-refractivity contribution in [2.24, 2.45) is 7.05 Å². The van der Waals surface area contributed by atoms with Crippen LogP contribution in [0.3, 0.4) is 0 Å². The molecule has 1 amide bonds. The lowest BCUT2D eigenvalue weighted by Gasteiger charge is -2.08. The fraction of sp³-hybridized carbons (Fsp3) is 0.316. The van der Waals surface area contributed by atoms with E-state index in [1.54, 1.807) is 17.1 Å². The number of nitrogens with one attached hydrogen (secondary N) is 1. The molecule has 0 fully saturated rings. The number of carbonyl (C=O) groups is 1. The minimum absolute atomic E-state index is 0.000741. The lowest BCUT2D eigenvalue weighted by atomic mass is 10.0. The monoisotopic (exact) mass is 322 g/mol. The Morgan fingerprint density at radius 3 is 2.67 bits per heavy atom. The van der Waals surface area contributed by atoms with E-state index < -0.39 is 0 Å². The van der Waals surface area contributed by atoms with Gasteiger partial charge in [0.05, 0.1) is 30.4 Å². The van der Waals surface area contributed by atoms with Crippen molar-refractivity contribution in [1.82, 2.24) is 20.1 Å². The highest BCUT2D eigenvalue weighted by atomic mass is 16.1. The number of aryl methyl sites for hydroxylation is 1. The van der Waals surface area contributed by atoms with Crippen LogP contribution in [0.5, 0.6) is 0 Å². The normalized spacial score (nSPS) is 11.2. The van der Waals surface area contributed by atoms with Gasteiger partial charge in [0.1, 0.15) is 0 Å². The van der Waals surface area contributed by atoms with Gasteiger partial charge in [0.15, 0.2) is 0 Å². The molecule has 3 rings (SSSR count). The maximum atomic E-state index is 12.1. The van der Waals surface area contributed by atoms with Gasteiger partial charge in [-0.1, -0.05) is 38.1 Å². The molecule has 0 aliphatic carbocycles. The number of benzene rings is 1. The Balaban J connectivity index is 1.59. The fourth-order valence-corrected chi connectivity index (χ4v) is 2.64. The highest BCUT2D eigenvalue weighted by Gasteiger charge is 2.07. The zero-order valence-corrected chi connectivity index (χ0v) is 14.3. The van der Waals surface area contributed by atoms with Crippen molar-refractivity contribution >= 4 is 16.8 Å². The first-order chi connectivity index (χ1) is 11.5. The van der Waals surface area contributed by atoms with Crippen LogP contribution in [-0.4, -0.2) is 20.7 Å². The average Bonchev–Trinajstić information content (AvgIpc) is 2.94. The summed E-state index contributed by atoms with van der Waals surface area (Å²) in [6, 6.07) is 10.2. The number of rotatable bonds is 5. The van der Waals surface area contributed by atoms with E-state index >= 15 is 0 Å². The standard InChI is InChI=1S/C19H22N4O/c1-13(2)15-6-4-14(5-7-15)8-19(24)21-12-17-9-18-16(10-20-17)11-22-23(18)3/h4-7,9-11,13H,8,12H2,1-3H3,(H,21,24). The van der Waals surface area contributed by atoms with Crippen LogP contribution in [0.15, 0.2) is 42.7 Å². The summed E-state index contributed by atoms with van der Waals surface area (Å²) in [5.74, 6) is 0.500. The van der Waals surface area contributed by atoms with Crippen molar-refractivity contribution in [2.45, 2.75) is 32.7 Å². The minimum Gasteiger partial charge on any atom is -0.350 e. The summed E-state index contributed by atoms with van der Waals surface area (Å²) in [4.78, 5) is 16.5. The van der Waals surface area contributed by atoms with E-state index in [0.29, 0.717) is 18.9 Å². The summed E-state index contributed by atoms with van der Waals surface area (Å²) in [5, 5.41) is 8.12. The van der Waals surface area contributed by atoms with Crippen LogP contribution in [0.1, 0.15) is 36.6 Å². The van der Waals surface area contributed by atoms with Crippen LogP contribution < -0.4 is 5.32 Å². The van der Waals surface area contributed by atoms with Gasteiger partial charge >= 0.3 is 0 Å². The van der Waals surface area contributed by atoms with E-state index in [9.17, 15) is 4.79 Å². The molecule has 2 aromatic heterocycles. The predicted octanol–water partition coefficient (Wildman–Crippen LogP) is 2.95. The summed E-state index contributed by atoms with van der Waals surface area (Å²) < 4.78 is 1.80. The number of fused-ring (bicyclic) bond motifs is 1. The number of aromatic nitrogens is 3. The topological polar surface area (TPSA) is 59.8 Å². The van der Waals surface area contributed by atoms with Crippen LogP contribution in [0.2, 0.25) is 0 Å². The third-order valence-electron chi connectivity index (χ3n) is 4.16. The molecule has 0 saturated carbocycles. The molecule has 3 aromatic rings. The van der Waals surface area contributed by atoms with E-state index in [4.69, 9.17) is 0 Å². The van der Waals surface area contributed by atoms with Crippen molar-refractivity contribution in [2.75, 3.05) is 0 Å². The van der Waals surface area contributed by atoms with E-state index in [2.05, 4.69) is 41.4 Å². The highest BCUT2D eigenvalue weighted by Crippen LogP contribution is 2.15. The molecule has 0 bridgehead atoms. The van der Waals surface area contributed by atoms with Crippen LogP contribution in [-0.2, 0) is 24.8 Å². The zero-order valence-electron chi connectivity index (χ0n) is 14.3. The number of pyridine rings is 1. The Hall–Kier alpha value is -2.69. The van der Waals surface area contributed by atoms with Gasteiger partial charge in [0, 0.05) is 18.6 Å². The molecule has 5 nitrogen and oxygen atoms in total. The molecular weight excluding hydrogens is 300 g/mol. The molecule has 1 aromatic carbocycles. The maximum Gasteiger partial charge on any atom is 0.224 e. The minimum atomic E-state index is -0.000741. The van der Waals surface area contributed by atoms with E-state index in [1.165, 1.54) is 5.56 Å². The molecule has 5 heteroatoms. The van der Waals surface area contributed by atoms with Crippen molar-refractivity contribution in [3.8, 4) is 0 Å². The lowest BCUT2D eigenvalue weighted by molar-refractivity contribution is -0.120.